The van der Waals surface area contributed by atoms with Crippen molar-refractivity contribution >= 4 is 38.4 Å². The number of benzene rings is 2. The fourth-order valence-electron chi connectivity index (χ4n) is 5.28. The molecule has 41 heavy (non-hydrogen) atoms. The fourth-order valence-corrected chi connectivity index (χ4v) is 6.59. The van der Waals surface area contributed by atoms with Gasteiger partial charge in [-0.3, -0.25) is 19.3 Å². The van der Waals surface area contributed by atoms with Crippen LogP contribution in [0, 0.1) is 12.3 Å². The number of anilines is 1. The number of para-hydroxylation sites is 1. The first-order chi connectivity index (χ1) is 19.5. The zero-order valence-electron chi connectivity index (χ0n) is 23.3. The van der Waals surface area contributed by atoms with Gasteiger partial charge in [-0.1, -0.05) is 36.4 Å². The number of allylic oxidation sites excluding steroid dienone is 3. The highest BCUT2D eigenvalue weighted by molar-refractivity contribution is 7.93. The summed E-state index contributed by atoms with van der Waals surface area (Å²) >= 11 is 0. The fraction of sp³-hybridized carbons (Fsp3) is 0.323. The molecule has 3 aromatic rings. The molecule has 0 radical (unpaired) electrons. The molecule has 0 bridgehead atoms. The first-order valence-electron chi connectivity index (χ1n) is 13.6. The van der Waals surface area contributed by atoms with Crippen LogP contribution in [-0.2, 0) is 14.8 Å². The molecule has 5 rings (SSSR count). The Balaban J connectivity index is 1.24. The standard InChI is InChI=1S/C31H33FN4O4S/c1-21-20-23(9-14-26(21)34-41(39,40)27-8-4-6-22-7-5-15-33-28(22)27)29(37)35-16-18-36(19-17-35)30(38)31(2,3)24-10-12-25(32)13-11-24/h4-12,14-15,20,25,34H,13,16-19H2,1-3H3. The van der Waals surface area contributed by atoms with Crippen molar-refractivity contribution in [2.75, 3.05) is 30.9 Å². The largest absolute Gasteiger partial charge is 0.338 e. The monoisotopic (exact) mass is 576 g/mol. The quantitative estimate of drug-likeness (QED) is 0.451. The van der Waals surface area contributed by atoms with E-state index in [0.717, 1.165) is 11.0 Å². The van der Waals surface area contributed by atoms with Gasteiger partial charge >= 0.3 is 0 Å². The molecule has 1 unspecified atom stereocenters. The molecular formula is C31H33FN4O4S. The van der Waals surface area contributed by atoms with E-state index in [1.165, 1.54) is 12.1 Å². The van der Waals surface area contributed by atoms with Crippen LogP contribution in [0.5, 0.6) is 0 Å². The zero-order valence-corrected chi connectivity index (χ0v) is 24.1. The van der Waals surface area contributed by atoms with E-state index in [4.69, 9.17) is 0 Å². The van der Waals surface area contributed by atoms with Crippen molar-refractivity contribution in [2.45, 2.75) is 38.3 Å². The number of rotatable bonds is 6. The number of sulfonamides is 1. The number of alkyl halides is 1. The molecule has 2 aromatic carbocycles. The predicted molar refractivity (Wildman–Crippen MR) is 157 cm³/mol. The van der Waals surface area contributed by atoms with E-state index in [-0.39, 0.29) is 23.1 Å². The number of carbonyl (C=O) groups is 2. The van der Waals surface area contributed by atoms with E-state index in [9.17, 15) is 22.4 Å². The summed E-state index contributed by atoms with van der Waals surface area (Å²) in [6.45, 7) is 6.98. The number of nitrogens with zero attached hydrogens (tertiary/aromatic N) is 3. The van der Waals surface area contributed by atoms with Crippen LogP contribution in [0.1, 0.15) is 36.2 Å². The van der Waals surface area contributed by atoms with Gasteiger partial charge in [-0.05, 0) is 62.2 Å². The maximum atomic E-state index is 13.5. The van der Waals surface area contributed by atoms with Crippen LogP contribution in [0.2, 0.25) is 0 Å². The Kier molecular flexibility index (Phi) is 7.70. The Morgan fingerprint density at radius 3 is 2.41 bits per heavy atom. The summed E-state index contributed by atoms with van der Waals surface area (Å²) in [5.41, 5.74) is 1.82. The number of aryl methyl sites for hydroxylation is 1. The van der Waals surface area contributed by atoms with E-state index < -0.39 is 21.6 Å². The molecule has 1 aliphatic carbocycles. The van der Waals surface area contributed by atoms with Gasteiger partial charge in [0.2, 0.25) is 5.91 Å². The maximum absolute atomic E-state index is 13.5. The molecule has 2 heterocycles. The number of amides is 2. The molecular weight excluding hydrogens is 543 g/mol. The lowest BCUT2D eigenvalue weighted by atomic mass is 9.80. The lowest BCUT2D eigenvalue weighted by molar-refractivity contribution is -0.139. The summed E-state index contributed by atoms with van der Waals surface area (Å²) in [5.74, 6) is -0.231. The highest BCUT2D eigenvalue weighted by Gasteiger charge is 2.37. The van der Waals surface area contributed by atoms with E-state index >= 15 is 0 Å². The second-order valence-electron chi connectivity index (χ2n) is 10.9. The van der Waals surface area contributed by atoms with Crippen molar-refractivity contribution in [3.05, 3.63) is 89.7 Å². The van der Waals surface area contributed by atoms with Crippen molar-refractivity contribution in [2.24, 2.45) is 5.41 Å². The molecule has 1 fully saturated rings. The topological polar surface area (TPSA) is 99.7 Å². The number of nitrogens with one attached hydrogen (secondary N) is 1. The second kappa shape index (κ2) is 11.1. The highest BCUT2D eigenvalue weighted by atomic mass is 32.2. The molecule has 0 spiro atoms. The van der Waals surface area contributed by atoms with Gasteiger partial charge in [0.15, 0.2) is 0 Å². The smallest absolute Gasteiger partial charge is 0.264 e. The van der Waals surface area contributed by atoms with Gasteiger partial charge < -0.3 is 9.80 Å². The van der Waals surface area contributed by atoms with Crippen LogP contribution in [0.25, 0.3) is 10.9 Å². The van der Waals surface area contributed by atoms with Crippen LogP contribution in [0.3, 0.4) is 0 Å². The Hall–Kier alpha value is -4.05. The highest BCUT2D eigenvalue weighted by Crippen LogP contribution is 2.33. The third-order valence-corrected chi connectivity index (χ3v) is 9.16. The lowest BCUT2D eigenvalue weighted by Gasteiger charge is -2.39. The van der Waals surface area contributed by atoms with Gasteiger partial charge in [-0.25, -0.2) is 12.8 Å². The van der Waals surface area contributed by atoms with Crippen LogP contribution in [0.4, 0.5) is 10.1 Å². The van der Waals surface area contributed by atoms with Gasteiger partial charge in [-0.15, -0.1) is 0 Å². The number of aromatic nitrogens is 1. The van der Waals surface area contributed by atoms with E-state index in [1.54, 1.807) is 77.5 Å². The number of carbonyl (C=O) groups excluding carboxylic acids is 2. The summed E-state index contributed by atoms with van der Waals surface area (Å²) < 4.78 is 42.6. The summed E-state index contributed by atoms with van der Waals surface area (Å²) in [5, 5.41) is 0.719. The van der Waals surface area contributed by atoms with Crippen molar-refractivity contribution in [3.8, 4) is 0 Å². The third kappa shape index (κ3) is 5.74. The first-order valence-corrected chi connectivity index (χ1v) is 15.0. The molecule has 8 nitrogen and oxygen atoms in total. The number of hydrogen-bond donors (Lipinski definition) is 1. The molecule has 2 aliphatic rings. The minimum atomic E-state index is -3.93. The molecule has 1 atom stereocenters. The maximum Gasteiger partial charge on any atom is 0.264 e. The van der Waals surface area contributed by atoms with Crippen molar-refractivity contribution in [1.29, 1.82) is 0 Å². The molecule has 214 valence electrons. The number of halogens is 1. The number of fused-ring (bicyclic) bond motifs is 1. The summed E-state index contributed by atoms with van der Waals surface area (Å²) in [6.07, 6.45) is 5.77. The molecule has 1 aliphatic heterocycles. The van der Waals surface area contributed by atoms with Gasteiger partial charge in [0, 0.05) is 49.7 Å². The minimum Gasteiger partial charge on any atom is -0.338 e. The van der Waals surface area contributed by atoms with Gasteiger partial charge in [0.1, 0.15) is 11.1 Å². The van der Waals surface area contributed by atoms with Crippen LogP contribution < -0.4 is 4.72 Å². The average Bonchev–Trinajstić information content (AvgIpc) is 2.97. The number of piperazine rings is 1. The molecule has 0 saturated carbocycles. The Labute approximate surface area is 239 Å². The molecule has 1 aromatic heterocycles. The molecule has 2 amide bonds. The summed E-state index contributed by atoms with van der Waals surface area (Å²) in [6, 6.07) is 13.4. The van der Waals surface area contributed by atoms with E-state index in [1.807, 2.05) is 13.8 Å². The normalized spacial score (nSPS) is 17.9. The van der Waals surface area contributed by atoms with Gasteiger partial charge in [0.05, 0.1) is 16.6 Å². The van der Waals surface area contributed by atoms with Crippen molar-refractivity contribution < 1.29 is 22.4 Å². The SMILES string of the molecule is Cc1cc(C(=O)N2CCN(C(=O)C(C)(C)C3=CCC(F)C=C3)CC2)ccc1NS(=O)(=O)c1cccc2cccnc12. The molecule has 1 saturated heterocycles. The Bertz CT molecular complexity index is 1670. The Morgan fingerprint density at radius 1 is 1.02 bits per heavy atom. The van der Waals surface area contributed by atoms with Crippen molar-refractivity contribution in [3.63, 3.8) is 0 Å². The van der Waals surface area contributed by atoms with Crippen LogP contribution in [0.15, 0.2) is 83.4 Å². The second-order valence-corrected chi connectivity index (χ2v) is 12.6. The third-order valence-electron chi connectivity index (χ3n) is 7.76. The average molecular weight is 577 g/mol. The number of hydrogen-bond acceptors (Lipinski definition) is 5. The number of pyridine rings is 1. The predicted octanol–water partition coefficient (Wildman–Crippen LogP) is 4.88. The van der Waals surface area contributed by atoms with Crippen LogP contribution in [-0.4, -0.2) is 67.4 Å². The molecule has 1 N–H and O–H groups in total. The zero-order chi connectivity index (χ0) is 29.4. The summed E-state index contributed by atoms with van der Waals surface area (Å²) in [4.78, 5) is 34.4. The van der Waals surface area contributed by atoms with E-state index in [2.05, 4.69) is 9.71 Å². The first kappa shape index (κ1) is 28.5. The van der Waals surface area contributed by atoms with Gasteiger partial charge in [0.25, 0.3) is 15.9 Å². The molecule has 10 heteroatoms. The summed E-state index contributed by atoms with van der Waals surface area (Å²) in [7, 11) is -3.93. The van der Waals surface area contributed by atoms with Gasteiger partial charge in [-0.2, -0.15) is 0 Å². The Morgan fingerprint density at radius 2 is 1.73 bits per heavy atom. The van der Waals surface area contributed by atoms with Crippen molar-refractivity contribution in [1.82, 2.24) is 14.8 Å². The minimum absolute atomic E-state index is 0.0494. The van der Waals surface area contributed by atoms with Crippen LogP contribution >= 0.6 is 0 Å². The van der Waals surface area contributed by atoms with E-state index in [0.29, 0.717) is 48.5 Å². The lowest BCUT2D eigenvalue weighted by Crippen LogP contribution is -2.53.